The quantitative estimate of drug-likeness (QED) is 0.851. The summed E-state index contributed by atoms with van der Waals surface area (Å²) in [6.45, 7) is 2.45. The van der Waals surface area contributed by atoms with Crippen LogP contribution in [0.5, 0.6) is 5.75 Å². The van der Waals surface area contributed by atoms with Gasteiger partial charge in [-0.2, -0.15) is 0 Å². The summed E-state index contributed by atoms with van der Waals surface area (Å²) in [4.78, 5) is 0. The summed E-state index contributed by atoms with van der Waals surface area (Å²) in [6, 6.07) is 4.82. The summed E-state index contributed by atoms with van der Waals surface area (Å²) in [5, 5.41) is 0. The minimum atomic E-state index is -0.312. The largest absolute Gasteiger partial charge is 0.491 e. The van der Waals surface area contributed by atoms with E-state index >= 15 is 0 Å². The molecule has 0 amide bonds. The van der Waals surface area contributed by atoms with Crippen LogP contribution in [0.1, 0.15) is 44.2 Å². The van der Waals surface area contributed by atoms with Gasteiger partial charge >= 0.3 is 0 Å². The van der Waals surface area contributed by atoms with E-state index in [4.69, 9.17) is 10.5 Å². The van der Waals surface area contributed by atoms with E-state index in [1.807, 2.05) is 13.0 Å². The van der Waals surface area contributed by atoms with E-state index < -0.39 is 0 Å². The van der Waals surface area contributed by atoms with Gasteiger partial charge in [0.1, 0.15) is 0 Å². The molecule has 0 heterocycles. The number of rotatable bonds is 5. The van der Waals surface area contributed by atoms with Crippen molar-refractivity contribution in [2.75, 3.05) is 6.61 Å². The molecule has 0 radical (unpaired) electrons. The molecule has 1 aromatic rings. The molecule has 1 aliphatic rings. The Morgan fingerprint density at radius 1 is 1.47 bits per heavy atom. The fourth-order valence-corrected chi connectivity index (χ4v) is 2.03. The number of nitrogens with two attached hydrogens (primary N) is 1. The van der Waals surface area contributed by atoms with Gasteiger partial charge in [0.25, 0.3) is 0 Å². The maximum Gasteiger partial charge on any atom is 0.165 e. The maximum absolute atomic E-state index is 13.7. The van der Waals surface area contributed by atoms with Crippen molar-refractivity contribution in [3.63, 3.8) is 0 Å². The Labute approximate surface area is 102 Å². The molecule has 2 nitrogen and oxygen atoms in total. The van der Waals surface area contributed by atoms with E-state index in [0.29, 0.717) is 12.4 Å². The molecule has 1 aromatic carbocycles. The Balaban J connectivity index is 1.87. The zero-order chi connectivity index (χ0) is 12.3. The minimum absolute atomic E-state index is 0.145. The lowest BCUT2D eigenvalue weighted by molar-refractivity contribution is 0.216. The second kappa shape index (κ2) is 5.50. The molecule has 17 heavy (non-hydrogen) atoms. The topological polar surface area (TPSA) is 35.2 Å². The van der Waals surface area contributed by atoms with Crippen LogP contribution in [0.4, 0.5) is 4.39 Å². The highest BCUT2D eigenvalue weighted by molar-refractivity contribution is 5.30. The van der Waals surface area contributed by atoms with Gasteiger partial charge in [0.15, 0.2) is 11.6 Å². The zero-order valence-electron chi connectivity index (χ0n) is 10.3. The standard InChI is InChI=1S/C14H20FNO/c1-10(16)12-5-6-14(13(15)9-12)17-8-7-11-3-2-4-11/h5-6,9-11H,2-4,7-8,16H2,1H3. The second-order valence-electron chi connectivity index (χ2n) is 4.91. The summed E-state index contributed by atoms with van der Waals surface area (Å²) in [5.41, 5.74) is 6.49. The Kier molecular flexibility index (Phi) is 4.00. The summed E-state index contributed by atoms with van der Waals surface area (Å²) in [6.07, 6.45) is 4.97. The molecule has 1 unspecified atom stereocenters. The van der Waals surface area contributed by atoms with Crippen molar-refractivity contribution in [1.82, 2.24) is 0 Å². The maximum atomic E-state index is 13.7. The van der Waals surface area contributed by atoms with Crippen LogP contribution >= 0.6 is 0 Å². The van der Waals surface area contributed by atoms with Crippen LogP contribution in [-0.2, 0) is 0 Å². The lowest BCUT2D eigenvalue weighted by atomic mass is 9.83. The Bertz CT molecular complexity index is 374. The van der Waals surface area contributed by atoms with Gasteiger partial charge in [-0.25, -0.2) is 4.39 Å². The molecule has 1 atom stereocenters. The van der Waals surface area contributed by atoms with E-state index in [2.05, 4.69) is 0 Å². The fourth-order valence-electron chi connectivity index (χ4n) is 2.03. The molecule has 2 rings (SSSR count). The van der Waals surface area contributed by atoms with Gasteiger partial charge in [-0.3, -0.25) is 0 Å². The molecule has 2 N–H and O–H groups in total. The van der Waals surface area contributed by atoms with Crippen LogP contribution < -0.4 is 10.5 Å². The third kappa shape index (κ3) is 3.19. The van der Waals surface area contributed by atoms with Crippen LogP contribution in [0, 0.1) is 11.7 Å². The molecule has 94 valence electrons. The van der Waals surface area contributed by atoms with E-state index in [-0.39, 0.29) is 11.9 Å². The van der Waals surface area contributed by atoms with Crippen LogP contribution in [0.25, 0.3) is 0 Å². The molecule has 0 saturated heterocycles. The normalized spacial score (nSPS) is 17.6. The van der Waals surface area contributed by atoms with Crippen molar-refractivity contribution >= 4 is 0 Å². The van der Waals surface area contributed by atoms with Gasteiger partial charge in [-0.15, -0.1) is 0 Å². The zero-order valence-corrected chi connectivity index (χ0v) is 10.3. The SMILES string of the molecule is CC(N)c1ccc(OCCC2CCC2)c(F)c1. The molecule has 0 bridgehead atoms. The van der Waals surface area contributed by atoms with E-state index in [0.717, 1.165) is 17.9 Å². The molecular formula is C14H20FNO. The van der Waals surface area contributed by atoms with Gasteiger partial charge in [0.05, 0.1) is 6.61 Å². The summed E-state index contributed by atoms with van der Waals surface area (Å²) >= 11 is 0. The number of benzene rings is 1. The van der Waals surface area contributed by atoms with Gasteiger partial charge < -0.3 is 10.5 Å². The highest BCUT2D eigenvalue weighted by Crippen LogP contribution is 2.29. The van der Waals surface area contributed by atoms with Crippen molar-refractivity contribution in [3.8, 4) is 5.75 Å². The van der Waals surface area contributed by atoms with Crippen molar-refractivity contribution in [2.45, 2.75) is 38.6 Å². The second-order valence-corrected chi connectivity index (χ2v) is 4.91. The summed E-state index contributed by atoms with van der Waals surface area (Å²) < 4.78 is 19.1. The third-order valence-corrected chi connectivity index (χ3v) is 3.49. The van der Waals surface area contributed by atoms with Crippen molar-refractivity contribution < 1.29 is 9.13 Å². The molecule has 1 aliphatic carbocycles. The Hall–Kier alpha value is -1.09. The first kappa shape index (κ1) is 12.4. The third-order valence-electron chi connectivity index (χ3n) is 3.49. The first-order valence-corrected chi connectivity index (χ1v) is 6.34. The Morgan fingerprint density at radius 2 is 2.24 bits per heavy atom. The Morgan fingerprint density at radius 3 is 2.76 bits per heavy atom. The highest BCUT2D eigenvalue weighted by atomic mass is 19.1. The van der Waals surface area contributed by atoms with Gasteiger partial charge in [0.2, 0.25) is 0 Å². The fraction of sp³-hybridized carbons (Fsp3) is 0.571. The van der Waals surface area contributed by atoms with Gasteiger partial charge in [-0.05, 0) is 37.0 Å². The number of ether oxygens (including phenoxy) is 1. The van der Waals surface area contributed by atoms with Crippen molar-refractivity contribution in [2.24, 2.45) is 11.7 Å². The van der Waals surface area contributed by atoms with Crippen LogP contribution in [0.3, 0.4) is 0 Å². The minimum Gasteiger partial charge on any atom is -0.491 e. The molecule has 0 aromatic heterocycles. The first-order chi connectivity index (χ1) is 8.16. The lowest BCUT2D eigenvalue weighted by Gasteiger charge is -2.25. The predicted octanol–water partition coefficient (Wildman–Crippen LogP) is 3.41. The molecule has 3 heteroatoms. The van der Waals surface area contributed by atoms with Crippen LogP contribution in [0.15, 0.2) is 18.2 Å². The molecular weight excluding hydrogens is 217 g/mol. The van der Waals surface area contributed by atoms with Crippen molar-refractivity contribution in [3.05, 3.63) is 29.6 Å². The summed E-state index contributed by atoms with van der Waals surface area (Å²) in [5.74, 6) is 0.823. The molecule has 0 aliphatic heterocycles. The van der Waals surface area contributed by atoms with Crippen LogP contribution in [-0.4, -0.2) is 6.61 Å². The van der Waals surface area contributed by atoms with E-state index in [1.165, 1.54) is 25.3 Å². The average Bonchev–Trinajstić information content (AvgIpc) is 2.23. The summed E-state index contributed by atoms with van der Waals surface area (Å²) in [7, 11) is 0. The molecule has 0 spiro atoms. The van der Waals surface area contributed by atoms with Gasteiger partial charge in [0, 0.05) is 6.04 Å². The predicted molar refractivity (Wildman–Crippen MR) is 66.5 cm³/mol. The van der Waals surface area contributed by atoms with Crippen molar-refractivity contribution in [1.29, 1.82) is 0 Å². The smallest absolute Gasteiger partial charge is 0.165 e. The average molecular weight is 237 g/mol. The molecule has 1 saturated carbocycles. The van der Waals surface area contributed by atoms with Gasteiger partial charge in [-0.1, -0.05) is 25.3 Å². The van der Waals surface area contributed by atoms with Crippen LogP contribution in [0.2, 0.25) is 0 Å². The monoisotopic (exact) mass is 237 g/mol. The number of hydrogen-bond acceptors (Lipinski definition) is 2. The van der Waals surface area contributed by atoms with E-state index in [9.17, 15) is 4.39 Å². The number of halogens is 1. The highest BCUT2D eigenvalue weighted by Gasteiger charge is 2.17. The first-order valence-electron chi connectivity index (χ1n) is 6.34. The van der Waals surface area contributed by atoms with E-state index in [1.54, 1.807) is 6.07 Å². The molecule has 1 fully saturated rings. The number of hydrogen-bond donors (Lipinski definition) is 1. The lowest BCUT2D eigenvalue weighted by Crippen LogP contribution is -2.14.